The van der Waals surface area contributed by atoms with Gasteiger partial charge in [0.2, 0.25) is 15.9 Å². The van der Waals surface area contributed by atoms with E-state index in [-0.39, 0.29) is 29.6 Å². The van der Waals surface area contributed by atoms with E-state index in [2.05, 4.69) is 0 Å². The molecule has 140 valence electrons. The van der Waals surface area contributed by atoms with Gasteiger partial charge >= 0.3 is 0 Å². The van der Waals surface area contributed by atoms with Crippen molar-refractivity contribution in [2.45, 2.75) is 31.0 Å². The summed E-state index contributed by atoms with van der Waals surface area (Å²) in [6.45, 7) is 4.59. The minimum atomic E-state index is -3.74. The smallest absolute Gasteiger partial charge is 0.243 e. The maximum Gasteiger partial charge on any atom is 0.243 e. The third kappa shape index (κ3) is 3.90. The number of amides is 1. The standard InChI is InChI=1S/C19H24N2O4S/c1-14-11-21(12-15(2)25-14)19(22)13-20(3)26(23,24)18-9-8-16-6-4-5-7-17(16)10-18/h4-10,14-15H,11-13H2,1-3H3/t14-,15-/m1/s1. The van der Waals surface area contributed by atoms with Gasteiger partial charge in [0.05, 0.1) is 23.6 Å². The number of nitrogens with zero attached hydrogens (tertiary/aromatic N) is 2. The van der Waals surface area contributed by atoms with Crippen LogP contribution in [-0.4, -0.2) is 62.4 Å². The lowest BCUT2D eigenvalue weighted by Gasteiger charge is -2.36. The van der Waals surface area contributed by atoms with Crippen molar-refractivity contribution in [2.75, 3.05) is 26.7 Å². The molecule has 3 rings (SSSR count). The second-order valence-electron chi connectivity index (χ2n) is 6.83. The molecule has 0 spiro atoms. The van der Waals surface area contributed by atoms with Crippen LogP contribution in [0.1, 0.15) is 13.8 Å². The van der Waals surface area contributed by atoms with E-state index >= 15 is 0 Å². The number of ether oxygens (including phenoxy) is 1. The van der Waals surface area contributed by atoms with Crippen molar-refractivity contribution in [3.05, 3.63) is 42.5 Å². The SMILES string of the molecule is C[C@@H]1CN(C(=O)CN(C)S(=O)(=O)c2ccc3ccccc3c2)C[C@@H](C)O1. The minimum absolute atomic E-state index is 0.0508. The Kier molecular flexibility index (Phi) is 5.32. The lowest BCUT2D eigenvalue weighted by molar-refractivity contribution is -0.143. The van der Waals surface area contributed by atoms with Gasteiger partial charge in [-0.25, -0.2) is 8.42 Å². The molecule has 0 unspecified atom stereocenters. The first-order chi connectivity index (χ1) is 12.3. The maximum atomic E-state index is 12.9. The fourth-order valence-corrected chi connectivity index (χ4v) is 4.42. The van der Waals surface area contributed by atoms with Crippen LogP contribution in [0.2, 0.25) is 0 Å². The first kappa shape index (κ1) is 18.8. The van der Waals surface area contributed by atoms with Crippen LogP contribution in [0.5, 0.6) is 0 Å². The van der Waals surface area contributed by atoms with Gasteiger partial charge in [-0.05, 0) is 36.8 Å². The van der Waals surface area contributed by atoms with Crippen molar-refractivity contribution in [1.82, 2.24) is 9.21 Å². The fourth-order valence-electron chi connectivity index (χ4n) is 3.26. The van der Waals surface area contributed by atoms with Gasteiger partial charge < -0.3 is 9.64 Å². The average Bonchev–Trinajstić information content (AvgIpc) is 2.60. The van der Waals surface area contributed by atoms with Crippen molar-refractivity contribution >= 4 is 26.7 Å². The molecule has 2 aromatic carbocycles. The summed E-state index contributed by atoms with van der Waals surface area (Å²) in [7, 11) is -2.30. The molecule has 0 saturated carbocycles. The summed E-state index contributed by atoms with van der Waals surface area (Å²) in [6, 6.07) is 12.6. The Morgan fingerprint density at radius 1 is 1.12 bits per heavy atom. The summed E-state index contributed by atoms with van der Waals surface area (Å²) in [4.78, 5) is 14.4. The molecule has 1 aliphatic rings. The van der Waals surface area contributed by atoms with Crippen LogP contribution in [0.25, 0.3) is 10.8 Å². The molecule has 0 radical (unpaired) electrons. The van der Waals surface area contributed by atoms with E-state index < -0.39 is 10.0 Å². The molecule has 2 aromatic rings. The Bertz CT molecular complexity index is 903. The summed E-state index contributed by atoms with van der Waals surface area (Å²) in [5.41, 5.74) is 0. The van der Waals surface area contributed by atoms with Gasteiger partial charge in [0.15, 0.2) is 0 Å². The number of carbonyl (C=O) groups is 1. The van der Waals surface area contributed by atoms with Crippen molar-refractivity contribution in [3.8, 4) is 0 Å². The number of rotatable bonds is 4. The highest BCUT2D eigenvalue weighted by Crippen LogP contribution is 2.21. The Morgan fingerprint density at radius 2 is 1.73 bits per heavy atom. The third-order valence-corrected chi connectivity index (χ3v) is 6.36. The molecular weight excluding hydrogens is 352 g/mol. The average molecular weight is 376 g/mol. The molecule has 6 nitrogen and oxygen atoms in total. The first-order valence-electron chi connectivity index (χ1n) is 8.66. The summed E-state index contributed by atoms with van der Waals surface area (Å²) in [5.74, 6) is -0.209. The molecular formula is C19H24N2O4S. The van der Waals surface area contributed by atoms with Crippen LogP contribution >= 0.6 is 0 Å². The number of carbonyl (C=O) groups excluding carboxylic acids is 1. The van der Waals surface area contributed by atoms with E-state index in [1.165, 1.54) is 7.05 Å². The van der Waals surface area contributed by atoms with Crippen molar-refractivity contribution in [2.24, 2.45) is 0 Å². The van der Waals surface area contributed by atoms with Crippen LogP contribution in [-0.2, 0) is 19.6 Å². The van der Waals surface area contributed by atoms with Gasteiger partial charge in [0, 0.05) is 20.1 Å². The molecule has 0 aliphatic carbocycles. The highest BCUT2D eigenvalue weighted by atomic mass is 32.2. The van der Waals surface area contributed by atoms with Crippen molar-refractivity contribution in [1.29, 1.82) is 0 Å². The zero-order valence-electron chi connectivity index (χ0n) is 15.3. The maximum absolute atomic E-state index is 12.9. The number of hydrogen-bond acceptors (Lipinski definition) is 4. The largest absolute Gasteiger partial charge is 0.372 e. The molecule has 0 bridgehead atoms. The zero-order chi connectivity index (χ0) is 18.9. The normalized spacial score (nSPS) is 21.3. The van der Waals surface area contributed by atoms with Gasteiger partial charge in [0.1, 0.15) is 0 Å². The summed E-state index contributed by atoms with van der Waals surface area (Å²) < 4.78 is 32.4. The van der Waals surface area contributed by atoms with Gasteiger partial charge in [-0.3, -0.25) is 4.79 Å². The summed E-state index contributed by atoms with van der Waals surface area (Å²) >= 11 is 0. The van der Waals surface area contributed by atoms with E-state index in [1.807, 2.05) is 38.1 Å². The zero-order valence-corrected chi connectivity index (χ0v) is 16.1. The predicted octanol–water partition coefficient (Wildman–Crippen LogP) is 2.10. The molecule has 7 heteroatoms. The molecule has 0 N–H and O–H groups in total. The topological polar surface area (TPSA) is 66.9 Å². The molecule has 1 fully saturated rings. The number of hydrogen-bond donors (Lipinski definition) is 0. The Balaban J connectivity index is 1.76. The summed E-state index contributed by atoms with van der Waals surface area (Å²) in [5, 5.41) is 1.82. The van der Waals surface area contributed by atoms with Gasteiger partial charge in [0.25, 0.3) is 0 Å². The van der Waals surface area contributed by atoms with E-state index in [0.717, 1.165) is 15.1 Å². The van der Waals surface area contributed by atoms with E-state index in [4.69, 9.17) is 4.74 Å². The molecule has 26 heavy (non-hydrogen) atoms. The Labute approximate surface area is 154 Å². The second-order valence-corrected chi connectivity index (χ2v) is 8.87. The predicted molar refractivity (Wildman–Crippen MR) is 100 cm³/mol. The number of likely N-dealkylation sites (N-methyl/N-ethyl adjacent to an activating group) is 1. The van der Waals surface area contributed by atoms with Crippen LogP contribution in [0, 0.1) is 0 Å². The lowest BCUT2D eigenvalue weighted by Crippen LogP contribution is -2.51. The quantitative estimate of drug-likeness (QED) is 0.820. The second kappa shape index (κ2) is 7.34. The van der Waals surface area contributed by atoms with Gasteiger partial charge in [-0.15, -0.1) is 0 Å². The Morgan fingerprint density at radius 3 is 2.38 bits per heavy atom. The highest BCUT2D eigenvalue weighted by molar-refractivity contribution is 7.89. The monoisotopic (exact) mass is 376 g/mol. The molecule has 0 aromatic heterocycles. The number of benzene rings is 2. The van der Waals surface area contributed by atoms with Gasteiger partial charge in [-0.2, -0.15) is 4.31 Å². The van der Waals surface area contributed by atoms with Crippen LogP contribution in [0.3, 0.4) is 0 Å². The van der Waals surface area contributed by atoms with Crippen LogP contribution < -0.4 is 0 Å². The molecule has 1 saturated heterocycles. The Hall–Kier alpha value is -1.96. The molecule has 1 aliphatic heterocycles. The van der Waals surface area contributed by atoms with Crippen LogP contribution in [0.15, 0.2) is 47.4 Å². The van der Waals surface area contributed by atoms with Gasteiger partial charge in [-0.1, -0.05) is 30.3 Å². The van der Waals surface area contributed by atoms with E-state index in [0.29, 0.717) is 13.1 Å². The minimum Gasteiger partial charge on any atom is -0.372 e. The number of fused-ring (bicyclic) bond motifs is 1. The molecule has 2 atom stereocenters. The van der Waals surface area contributed by atoms with E-state index in [1.54, 1.807) is 23.1 Å². The number of sulfonamides is 1. The lowest BCUT2D eigenvalue weighted by atomic mass is 10.1. The highest BCUT2D eigenvalue weighted by Gasteiger charge is 2.29. The van der Waals surface area contributed by atoms with Crippen LogP contribution in [0.4, 0.5) is 0 Å². The van der Waals surface area contributed by atoms with Crippen molar-refractivity contribution < 1.29 is 17.9 Å². The van der Waals surface area contributed by atoms with E-state index in [9.17, 15) is 13.2 Å². The number of morpholine rings is 1. The molecule has 1 heterocycles. The molecule has 1 amide bonds. The fraction of sp³-hybridized carbons (Fsp3) is 0.421. The first-order valence-corrected chi connectivity index (χ1v) is 10.1. The van der Waals surface area contributed by atoms with Crippen molar-refractivity contribution in [3.63, 3.8) is 0 Å². The third-order valence-electron chi connectivity index (χ3n) is 4.56. The summed E-state index contributed by atoms with van der Waals surface area (Å²) in [6.07, 6.45) is -0.102.